The van der Waals surface area contributed by atoms with E-state index in [0.717, 1.165) is 5.69 Å². The molecule has 1 unspecified atom stereocenters. The molecule has 7 heteroatoms. The predicted octanol–water partition coefficient (Wildman–Crippen LogP) is 1.79. The molecule has 1 amide bonds. The summed E-state index contributed by atoms with van der Waals surface area (Å²) >= 11 is 0. The molecule has 0 aromatic carbocycles. The molecule has 1 aliphatic carbocycles. The van der Waals surface area contributed by atoms with Crippen LogP contribution in [0.2, 0.25) is 0 Å². The molecule has 1 aromatic rings. The van der Waals surface area contributed by atoms with Crippen molar-refractivity contribution in [3.8, 4) is 0 Å². The number of hydrogen-bond donors (Lipinski definition) is 0. The van der Waals surface area contributed by atoms with E-state index in [9.17, 15) is 13.6 Å². The van der Waals surface area contributed by atoms with Crippen LogP contribution in [0, 0.1) is 5.92 Å². The van der Waals surface area contributed by atoms with Crippen molar-refractivity contribution in [2.75, 3.05) is 6.54 Å². The van der Waals surface area contributed by atoms with Crippen molar-refractivity contribution in [3.05, 3.63) is 18.0 Å². The van der Waals surface area contributed by atoms with Crippen LogP contribution in [0.5, 0.6) is 0 Å². The smallest absolute Gasteiger partial charge is 0.252 e. The summed E-state index contributed by atoms with van der Waals surface area (Å²) in [4.78, 5) is 11.9. The van der Waals surface area contributed by atoms with Crippen molar-refractivity contribution in [1.29, 1.82) is 0 Å². The van der Waals surface area contributed by atoms with Gasteiger partial charge in [-0.05, 0) is 18.9 Å². The number of rotatable bonds is 3. The second-order valence-electron chi connectivity index (χ2n) is 5.39. The molecule has 0 N–H and O–H groups in total. The molecule has 20 heavy (non-hydrogen) atoms. The lowest BCUT2D eigenvalue weighted by molar-refractivity contribution is -0.131. The first kappa shape index (κ1) is 13.2. The summed E-state index contributed by atoms with van der Waals surface area (Å²) in [5.41, 5.74) is 1.34. The first-order chi connectivity index (χ1) is 9.47. The van der Waals surface area contributed by atoms with Gasteiger partial charge in [-0.25, -0.2) is 13.8 Å². The van der Waals surface area contributed by atoms with Gasteiger partial charge in [-0.15, -0.1) is 0 Å². The number of aryl methyl sites for hydroxylation is 1. The third-order valence-corrected chi connectivity index (χ3v) is 4.02. The molecule has 1 aliphatic heterocycles. The molecule has 0 bridgehead atoms. The van der Waals surface area contributed by atoms with Gasteiger partial charge in [0.25, 0.3) is 5.92 Å². The Morgan fingerprint density at radius 2 is 2.30 bits per heavy atom. The van der Waals surface area contributed by atoms with Crippen molar-refractivity contribution in [2.45, 2.75) is 31.6 Å². The topological polar surface area (TPSA) is 50.5 Å². The Morgan fingerprint density at radius 3 is 2.90 bits per heavy atom. The molecule has 5 nitrogen and oxygen atoms in total. The minimum Gasteiger partial charge on any atom is -0.273 e. The minimum atomic E-state index is -2.68. The molecule has 3 rings (SSSR count). The van der Waals surface area contributed by atoms with Crippen LogP contribution in [0.4, 0.5) is 8.78 Å². The van der Waals surface area contributed by atoms with E-state index in [2.05, 4.69) is 10.2 Å². The van der Waals surface area contributed by atoms with E-state index < -0.39 is 11.8 Å². The first-order valence-corrected chi connectivity index (χ1v) is 6.71. The average molecular weight is 282 g/mol. The summed E-state index contributed by atoms with van der Waals surface area (Å²) in [5, 5.41) is 9.43. The first-order valence-electron chi connectivity index (χ1n) is 6.71. The maximum atomic E-state index is 13.6. The number of carbonyl (C=O) groups excluding carboxylic acids is 1. The van der Waals surface area contributed by atoms with Crippen molar-refractivity contribution < 1.29 is 13.6 Å². The standard InChI is InChI=1S/C13H16F2N4O/c1-18-11(4-6-16-18)10-7-12(20)19(17-10)8-9-3-2-5-13(9,14)15/h4,6,9H,2-3,5,7-8H2,1H3. The number of aromatic nitrogens is 2. The molecule has 0 spiro atoms. The fourth-order valence-electron chi connectivity index (χ4n) is 2.85. The van der Waals surface area contributed by atoms with Gasteiger partial charge in [0.15, 0.2) is 0 Å². The largest absolute Gasteiger partial charge is 0.273 e. The van der Waals surface area contributed by atoms with Crippen LogP contribution in [-0.2, 0) is 11.8 Å². The Bertz CT molecular complexity index is 566. The molecule has 1 atom stereocenters. The van der Waals surface area contributed by atoms with E-state index in [1.807, 2.05) is 0 Å². The number of halogens is 2. The maximum absolute atomic E-state index is 13.6. The van der Waals surface area contributed by atoms with Crippen LogP contribution in [0.1, 0.15) is 31.4 Å². The van der Waals surface area contributed by atoms with Gasteiger partial charge in [-0.2, -0.15) is 10.2 Å². The fraction of sp³-hybridized carbons (Fsp3) is 0.615. The van der Waals surface area contributed by atoms with E-state index >= 15 is 0 Å². The summed E-state index contributed by atoms with van der Waals surface area (Å²) in [6.45, 7) is 0.00713. The third kappa shape index (κ3) is 2.21. The molecule has 0 saturated heterocycles. The number of hydrazone groups is 1. The second kappa shape index (κ2) is 4.64. The van der Waals surface area contributed by atoms with Crippen LogP contribution in [-0.4, -0.2) is 38.9 Å². The molecule has 108 valence electrons. The zero-order chi connectivity index (χ0) is 14.3. The Labute approximate surface area is 115 Å². The zero-order valence-electron chi connectivity index (χ0n) is 11.2. The number of nitrogens with zero attached hydrogens (tertiary/aromatic N) is 4. The predicted molar refractivity (Wildman–Crippen MR) is 68.4 cm³/mol. The van der Waals surface area contributed by atoms with E-state index in [1.165, 1.54) is 5.01 Å². The van der Waals surface area contributed by atoms with E-state index in [0.29, 0.717) is 18.6 Å². The lowest BCUT2D eigenvalue weighted by atomic mass is 10.1. The summed E-state index contributed by atoms with van der Waals surface area (Å²) in [6, 6.07) is 1.76. The van der Waals surface area contributed by atoms with Gasteiger partial charge in [0.2, 0.25) is 5.91 Å². The highest BCUT2D eigenvalue weighted by atomic mass is 19.3. The normalized spacial score (nSPS) is 25.4. The van der Waals surface area contributed by atoms with Gasteiger partial charge in [0.1, 0.15) is 0 Å². The second-order valence-corrected chi connectivity index (χ2v) is 5.39. The van der Waals surface area contributed by atoms with Gasteiger partial charge in [0, 0.05) is 25.6 Å². The Morgan fingerprint density at radius 1 is 1.50 bits per heavy atom. The van der Waals surface area contributed by atoms with Gasteiger partial charge in [-0.1, -0.05) is 0 Å². The molecule has 0 radical (unpaired) electrons. The number of hydrogen-bond acceptors (Lipinski definition) is 3. The van der Waals surface area contributed by atoms with Gasteiger partial charge in [0.05, 0.1) is 24.4 Å². The fourth-order valence-corrected chi connectivity index (χ4v) is 2.85. The minimum absolute atomic E-state index is 0.00713. The monoisotopic (exact) mass is 282 g/mol. The van der Waals surface area contributed by atoms with Crippen molar-refractivity contribution >= 4 is 11.6 Å². The summed E-state index contributed by atoms with van der Waals surface area (Å²) in [6.07, 6.45) is 2.65. The Kier molecular flexibility index (Phi) is 3.07. The van der Waals surface area contributed by atoms with E-state index in [4.69, 9.17) is 0 Å². The van der Waals surface area contributed by atoms with Crippen molar-refractivity contribution in [1.82, 2.24) is 14.8 Å². The quantitative estimate of drug-likeness (QED) is 0.848. The molecule has 2 heterocycles. The van der Waals surface area contributed by atoms with Crippen LogP contribution in [0.3, 0.4) is 0 Å². The van der Waals surface area contributed by atoms with Crippen LogP contribution >= 0.6 is 0 Å². The molecule has 2 aliphatic rings. The molecule has 1 aromatic heterocycles. The lowest BCUT2D eigenvalue weighted by Crippen LogP contribution is -2.34. The highest BCUT2D eigenvalue weighted by Crippen LogP contribution is 2.41. The molecular formula is C13H16F2N4O. The highest BCUT2D eigenvalue weighted by molar-refractivity contribution is 6.12. The van der Waals surface area contributed by atoms with Crippen molar-refractivity contribution in [3.63, 3.8) is 0 Å². The summed E-state index contributed by atoms with van der Waals surface area (Å²) < 4.78 is 28.9. The average Bonchev–Trinajstić information content (AvgIpc) is 3.02. The molecule has 1 fully saturated rings. The van der Waals surface area contributed by atoms with Crippen LogP contribution in [0.15, 0.2) is 17.4 Å². The van der Waals surface area contributed by atoms with Gasteiger partial charge < -0.3 is 0 Å². The summed E-state index contributed by atoms with van der Waals surface area (Å²) in [5.74, 6) is -3.67. The number of alkyl halides is 2. The van der Waals surface area contributed by atoms with Crippen LogP contribution in [0.25, 0.3) is 0 Å². The Hall–Kier alpha value is -1.79. The zero-order valence-corrected chi connectivity index (χ0v) is 11.2. The summed E-state index contributed by atoms with van der Waals surface area (Å²) in [7, 11) is 1.76. The van der Waals surface area contributed by atoms with Crippen LogP contribution < -0.4 is 0 Å². The maximum Gasteiger partial charge on any atom is 0.252 e. The Balaban J connectivity index is 1.76. The number of carbonyl (C=O) groups is 1. The van der Waals surface area contributed by atoms with Crippen molar-refractivity contribution in [2.24, 2.45) is 18.1 Å². The van der Waals surface area contributed by atoms with E-state index in [-0.39, 0.29) is 25.3 Å². The number of amides is 1. The SMILES string of the molecule is Cn1nccc1C1=NN(CC2CCCC2(F)F)C(=O)C1. The lowest BCUT2D eigenvalue weighted by Gasteiger charge is -2.22. The molecule has 1 saturated carbocycles. The van der Waals surface area contributed by atoms with Gasteiger partial charge in [-0.3, -0.25) is 9.48 Å². The van der Waals surface area contributed by atoms with E-state index in [1.54, 1.807) is 24.0 Å². The molecular weight excluding hydrogens is 266 g/mol. The third-order valence-electron chi connectivity index (χ3n) is 4.02. The van der Waals surface area contributed by atoms with Gasteiger partial charge >= 0.3 is 0 Å². The highest BCUT2D eigenvalue weighted by Gasteiger charge is 2.45.